The molecule has 0 saturated heterocycles. The second-order valence-corrected chi connectivity index (χ2v) is 6.69. The van der Waals surface area contributed by atoms with E-state index in [2.05, 4.69) is 10.3 Å². The molecule has 1 heterocycles. The van der Waals surface area contributed by atoms with E-state index in [4.69, 9.17) is 4.74 Å². The fraction of sp³-hybridized carbons (Fsp3) is 0.111. The molecule has 122 valence electrons. The van der Waals surface area contributed by atoms with Gasteiger partial charge in [0, 0.05) is 21.4 Å². The van der Waals surface area contributed by atoms with Gasteiger partial charge in [-0.1, -0.05) is 6.07 Å². The van der Waals surface area contributed by atoms with E-state index < -0.39 is 0 Å². The fourth-order valence-corrected chi connectivity index (χ4v) is 3.33. The van der Waals surface area contributed by atoms with Gasteiger partial charge in [-0.15, -0.1) is 23.1 Å². The van der Waals surface area contributed by atoms with Crippen LogP contribution in [0.5, 0.6) is 5.75 Å². The normalized spacial score (nSPS) is 10.4. The maximum atomic E-state index is 12.3. The summed E-state index contributed by atoms with van der Waals surface area (Å²) < 4.78 is 5.15. The molecule has 0 fully saturated rings. The highest BCUT2D eigenvalue weighted by Gasteiger charge is 2.10. The van der Waals surface area contributed by atoms with Gasteiger partial charge in [0.05, 0.1) is 12.8 Å². The Morgan fingerprint density at radius 3 is 2.71 bits per heavy atom. The number of ether oxygens (including phenoxy) is 1. The Hall–Kier alpha value is -2.31. The van der Waals surface area contributed by atoms with Crippen molar-refractivity contribution in [2.45, 2.75) is 4.90 Å². The van der Waals surface area contributed by atoms with E-state index in [1.807, 2.05) is 54.1 Å². The van der Waals surface area contributed by atoms with Crippen molar-refractivity contribution in [3.8, 4) is 17.0 Å². The molecule has 1 aromatic heterocycles. The van der Waals surface area contributed by atoms with E-state index in [1.165, 1.54) is 11.3 Å². The standard InChI is InChI=1S/C18H16N2O2S2/c1-22-14-8-6-12(7-9-14)16-11-24-18(19-16)20-17(21)13-4-3-5-15(10-13)23-2/h3-11H,1-2H3,(H,19,20,21). The van der Waals surface area contributed by atoms with Crippen LogP contribution < -0.4 is 10.1 Å². The van der Waals surface area contributed by atoms with Crippen LogP contribution in [-0.4, -0.2) is 24.3 Å². The van der Waals surface area contributed by atoms with Gasteiger partial charge in [-0.2, -0.15) is 0 Å². The molecule has 0 radical (unpaired) electrons. The molecule has 0 bridgehead atoms. The molecular formula is C18H16N2O2S2. The number of rotatable bonds is 5. The maximum absolute atomic E-state index is 12.3. The summed E-state index contributed by atoms with van der Waals surface area (Å²) in [6.45, 7) is 0. The minimum atomic E-state index is -0.151. The maximum Gasteiger partial charge on any atom is 0.257 e. The number of hydrogen-bond donors (Lipinski definition) is 1. The third kappa shape index (κ3) is 3.77. The van der Waals surface area contributed by atoms with Gasteiger partial charge in [-0.05, 0) is 48.7 Å². The van der Waals surface area contributed by atoms with Crippen molar-refractivity contribution in [1.82, 2.24) is 4.98 Å². The Kier molecular flexibility index (Phi) is 5.17. The van der Waals surface area contributed by atoms with Crippen LogP contribution in [0.15, 0.2) is 58.8 Å². The molecule has 4 nitrogen and oxygen atoms in total. The number of anilines is 1. The van der Waals surface area contributed by atoms with Crippen molar-refractivity contribution >= 4 is 34.1 Å². The van der Waals surface area contributed by atoms with Crippen molar-refractivity contribution in [2.75, 3.05) is 18.7 Å². The first-order chi connectivity index (χ1) is 11.7. The molecule has 3 rings (SSSR count). The summed E-state index contributed by atoms with van der Waals surface area (Å²) in [6, 6.07) is 15.2. The van der Waals surface area contributed by atoms with Crippen LogP contribution in [0.25, 0.3) is 11.3 Å². The molecule has 0 aliphatic rings. The number of carbonyl (C=O) groups is 1. The number of thiazole rings is 1. The number of nitrogens with zero attached hydrogens (tertiary/aromatic N) is 1. The molecular weight excluding hydrogens is 340 g/mol. The van der Waals surface area contributed by atoms with Gasteiger partial charge in [0.15, 0.2) is 5.13 Å². The number of hydrogen-bond acceptors (Lipinski definition) is 5. The lowest BCUT2D eigenvalue weighted by molar-refractivity contribution is 0.102. The van der Waals surface area contributed by atoms with Crippen molar-refractivity contribution in [1.29, 1.82) is 0 Å². The molecule has 0 spiro atoms. The van der Waals surface area contributed by atoms with E-state index in [9.17, 15) is 4.79 Å². The second-order valence-electron chi connectivity index (χ2n) is 4.95. The minimum absolute atomic E-state index is 0.151. The molecule has 1 amide bonds. The summed E-state index contributed by atoms with van der Waals surface area (Å²) >= 11 is 3.02. The average molecular weight is 356 g/mol. The molecule has 2 aromatic carbocycles. The van der Waals surface area contributed by atoms with Crippen molar-refractivity contribution in [2.24, 2.45) is 0 Å². The number of amides is 1. The fourth-order valence-electron chi connectivity index (χ4n) is 2.16. The molecule has 24 heavy (non-hydrogen) atoms. The summed E-state index contributed by atoms with van der Waals surface area (Å²) in [5.74, 6) is 0.651. The van der Waals surface area contributed by atoms with Gasteiger partial charge in [0.1, 0.15) is 5.75 Å². The smallest absolute Gasteiger partial charge is 0.257 e. The molecule has 0 atom stereocenters. The highest BCUT2D eigenvalue weighted by Crippen LogP contribution is 2.27. The van der Waals surface area contributed by atoms with E-state index in [1.54, 1.807) is 24.9 Å². The van der Waals surface area contributed by atoms with Crippen molar-refractivity contribution in [3.63, 3.8) is 0 Å². The predicted molar refractivity (Wildman–Crippen MR) is 100 cm³/mol. The number of thioether (sulfide) groups is 1. The Labute approximate surface area is 148 Å². The third-order valence-electron chi connectivity index (χ3n) is 3.44. The van der Waals surface area contributed by atoms with Crippen molar-refractivity contribution < 1.29 is 9.53 Å². The molecule has 0 aliphatic heterocycles. The summed E-state index contributed by atoms with van der Waals surface area (Å²) in [5.41, 5.74) is 2.44. The zero-order valence-corrected chi connectivity index (χ0v) is 14.9. The first-order valence-electron chi connectivity index (χ1n) is 7.25. The van der Waals surface area contributed by atoms with Crippen LogP contribution in [0.3, 0.4) is 0 Å². The Morgan fingerprint density at radius 2 is 2.00 bits per heavy atom. The quantitative estimate of drug-likeness (QED) is 0.668. The largest absolute Gasteiger partial charge is 0.497 e. The zero-order chi connectivity index (χ0) is 16.9. The van der Waals surface area contributed by atoms with Gasteiger partial charge in [0.2, 0.25) is 0 Å². The average Bonchev–Trinajstić information content (AvgIpc) is 3.10. The first kappa shape index (κ1) is 16.5. The van der Waals surface area contributed by atoms with Crippen LogP contribution in [0.2, 0.25) is 0 Å². The van der Waals surface area contributed by atoms with Gasteiger partial charge in [-0.25, -0.2) is 4.98 Å². The van der Waals surface area contributed by atoms with E-state index in [0.717, 1.165) is 21.9 Å². The Balaban J connectivity index is 1.74. The summed E-state index contributed by atoms with van der Waals surface area (Å²) in [4.78, 5) is 17.9. The monoisotopic (exact) mass is 356 g/mol. The van der Waals surface area contributed by atoms with Crippen LogP contribution in [0, 0.1) is 0 Å². The molecule has 1 N–H and O–H groups in total. The van der Waals surface area contributed by atoms with Crippen LogP contribution >= 0.6 is 23.1 Å². The zero-order valence-electron chi connectivity index (χ0n) is 13.3. The second kappa shape index (κ2) is 7.51. The lowest BCUT2D eigenvalue weighted by atomic mass is 10.2. The lowest BCUT2D eigenvalue weighted by Gasteiger charge is -2.03. The highest BCUT2D eigenvalue weighted by molar-refractivity contribution is 7.98. The predicted octanol–water partition coefficient (Wildman–Crippen LogP) is 4.79. The molecule has 6 heteroatoms. The van der Waals surface area contributed by atoms with Crippen LogP contribution in [-0.2, 0) is 0 Å². The number of methoxy groups -OCH3 is 1. The van der Waals surface area contributed by atoms with Gasteiger partial charge in [0.25, 0.3) is 5.91 Å². The first-order valence-corrected chi connectivity index (χ1v) is 9.35. The molecule has 0 saturated carbocycles. The third-order valence-corrected chi connectivity index (χ3v) is 4.93. The van der Waals surface area contributed by atoms with Gasteiger partial charge in [-0.3, -0.25) is 10.1 Å². The van der Waals surface area contributed by atoms with E-state index in [-0.39, 0.29) is 5.91 Å². The Morgan fingerprint density at radius 1 is 1.21 bits per heavy atom. The van der Waals surface area contributed by atoms with Gasteiger partial charge < -0.3 is 4.74 Å². The summed E-state index contributed by atoms with van der Waals surface area (Å²) in [5, 5.41) is 5.37. The van der Waals surface area contributed by atoms with Gasteiger partial charge >= 0.3 is 0 Å². The topological polar surface area (TPSA) is 51.2 Å². The molecule has 0 unspecified atom stereocenters. The lowest BCUT2D eigenvalue weighted by Crippen LogP contribution is -2.11. The van der Waals surface area contributed by atoms with E-state index >= 15 is 0 Å². The number of nitrogens with one attached hydrogen (secondary N) is 1. The summed E-state index contributed by atoms with van der Waals surface area (Å²) in [7, 11) is 1.64. The number of aromatic nitrogens is 1. The molecule has 3 aromatic rings. The number of benzene rings is 2. The molecule has 0 aliphatic carbocycles. The number of carbonyl (C=O) groups excluding carboxylic acids is 1. The Bertz CT molecular complexity index is 844. The highest BCUT2D eigenvalue weighted by atomic mass is 32.2. The van der Waals surface area contributed by atoms with Crippen LogP contribution in [0.4, 0.5) is 5.13 Å². The van der Waals surface area contributed by atoms with Crippen LogP contribution in [0.1, 0.15) is 10.4 Å². The van der Waals surface area contributed by atoms with E-state index in [0.29, 0.717) is 10.7 Å². The minimum Gasteiger partial charge on any atom is -0.497 e. The SMILES string of the molecule is COc1ccc(-c2csc(NC(=O)c3cccc(SC)c3)n2)cc1. The van der Waals surface area contributed by atoms with Crippen molar-refractivity contribution in [3.05, 3.63) is 59.5 Å². The summed E-state index contributed by atoms with van der Waals surface area (Å²) in [6.07, 6.45) is 1.99.